The molecule has 0 aliphatic rings. The highest BCUT2D eigenvalue weighted by atomic mass is 16.5. The second-order valence-corrected chi connectivity index (χ2v) is 6.41. The Labute approximate surface area is 174 Å². The Balaban J connectivity index is 2.09. The molecule has 0 radical (unpaired) electrons. The number of aromatic nitrogens is 1. The van der Waals surface area contributed by atoms with Crippen LogP contribution in [-0.2, 0) is 11.8 Å². The lowest BCUT2D eigenvalue weighted by atomic mass is 10.0. The van der Waals surface area contributed by atoms with Crippen molar-refractivity contribution in [1.29, 1.82) is 0 Å². The van der Waals surface area contributed by atoms with E-state index in [-0.39, 0.29) is 11.1 Å². The van der Waals surface area contributed by atoms with E-state index in [1.54, 1.807) is 56.8 Å². The third-order valence-corrected chi connectivity index (χ3v) is 4.57. The average Bonchev–Trinajstić information content (AvgIpc) is 2.79. The van der Waals surface area contributed by atoms with Crippen LogP contribution in [0.15, 0.2) is 59.5 Å². The molecule has 30 heavy (non-hydrogen) atoms. The average molecular weight is 403 g/mol. The van der Waals surface area contributed by atoms with Gasteiger partial charge in [-0.15, -0.1) is 0 Å². The number of benzene rings is 2. The van der Waals surface area contributed by atoms with Gasteiger partial charge >= 0.3 is 5.97 Å². The SMILES string of the molecule is COC(=O)c1ccc(-c2cn(C)c(=O)c(C#Cc3ccc(OC)cc3)c2OC)cc1. The van der Waals surface area contributed by atoms with Crippen LogP contribution in [0.3, 0.4) is 0 Å². The molecule has 0 bridgehead atoms. The lowest BCUT2D eigenvalue weighted by Gasteiger charge is -2.13. The fourth-order valence-electron chi connectivity index (χ4n) is 2.96. The molecule has 0 saturated carbocycles. The van der Waals surface area contributed by atoms with Crippen LogP contribution < -0.4 is 15.0 Å². The van der Waals surface area contributed by atoms with E-state index in [4.69, 9.17) is 14.2 Å². The first-order chi connectivity index (χ1) is 14.5. The lowest BCUT2D eigenvalue weighted by Crippen LogP contribution is -2.20. The van der Waals surface area contributed by atoms with Gasteiger partial charge in [-0.2, -0.15) is 0 Å². The summed E-state index contributed by atoms with van der Waals surface area (Å²) in [6, 6.07) is 14.1. The van der Waals surface area contributed by atoms with Crippen LogP contribution in [0.4, 0.5) is 0 Å². The molecule has 3 aromatic rings. The molecule has 0 unspecified atom stereocenters. The maximum absolute atomic E-state index is 12.7. The predicted octanol–water partition coefficient (Wildman–Crippen LogP) is 3.26. The second-order valence-electron chi connectivity index (χ2n) is 6.41. The molecule has 6 heteroatoms. The van der Waals surface area contributed by atoms with Crippen LogP contribution in [0.1, 0.15) is 21.5 Å². The summed E-state index contributed by atoms with van der Waals surface area (Å²) in [5.41, 5.74) is 2.64. The number of carbonyl (C=O) groups excluding carboxylic acids is 1. The molecule has 0 aliphatic heterocycles. The zero-order valence-corrected chi connectivity index (χ0v) is 17.2. The summed E-state index contributed by atoms with van der Waals surface area (Å²) < 4.78 is 16.9. The van der Waals surface area contributed by atoms with E-state index in [1.807, 2.05) is 12.1 Å². The van der Waals surface area contributed by atoms with Gasteiger partial charge in [0.2, 0.25) is 0 Å². The summed E-state index contributed by atoms with van der Waals surface area (Å²) in [4.78, 5) is 24.4. The van der Waals surface area contributed by atoms with E-state index in [2.05, 4.69) is 11.8 Å². The summed E-state index contributed by atoms with van der Waals surface area (Å²) in [6.45, 7) is 0. The molecule has 6 nitrogen and oxygen atoms in total. The summed E-state index contributed by atoms with van der Waals surface area (Å²) in [5, 5.41) is 0. The number of esters is 1. The quantitative estimate of drug-likeness (QED) is 0.494. The third kappa shape index (κ3) is 4.20. The minimum atomic E-state index is -0.417. The van der Waals surface area contributed by atoms with Gasteiger partial charge in [-0.3, -0.25) is 4.79 Å². The van der Waals surface area contributed by atoms with Crippen molar-refractivity contribution in [2.75, 3.05) is 21.3 Å². The Morgan fingerprint density at radius 2 is 1.57 bits per heavy atom. The summed E-state index contributed by atoms with van der Waals surface area (Å²) in [5.74, 6) is 6.65. The molecule has 0 amide bonds. The molecule has 3 rings (SSSR count). The largest absolute Gasteiger partial charge is 0.497 e. The van der Waals surface area contributed by atoms with Gasteiger partial charge in [-0.25, -0.2) is 4.79 Å². The molecule has 1 aromatic heterocycles. The molecule has 0 atom stereocenters. The van der Waals surface area contributed by atoms with Gasteiger partial charge in [0.15, 0.2) is 0 Å². The number of carbonyl (C=O) groups is 1. The summed E-state index contributed by atoms with van der Waals surface area (Å²) >= 11 is 0. The molecule has 2 aromatic carbocycles. The minimum absolute atomic E-state index is 0.255. The maximum atomic E-state index is 12.7. The first-order valence-corrected chi connectivity index (χ1v) is 9.11. The van der Waals surface area contributed by atoms with Crippen LogP contribution >= 0.6 is 0 Å². The standard InChI is InChI=1S/C24H21NO5/c1-25-15-21(17-8-10-18(11-9-17)24(27)30-4)22(29-3)20(23(25)26)14-7-16-5-12-19(28-2)13-6-16/h5-6,8-13,15H,1-4H3. The molecule has 0 spiro atoms. The van der Waals surface area contributed by atoms with Crippen molar-refractivity contribution in [3.63, 3.8) is 0 Å². The molecular formula is C24H21NO5. The van der Waals surface area contributed by atoms with Crippen LogP contribution in [0.2, 0.25) is 0 Å². The van der Waals surface area contributed by atoms with E-state index in [0.29, 0.717) is 16.9 Å². The van der Waals surface area contributed by atoms with Crippen molar-refractivity contribution in [3.8, 4) is 34.5 Å². The molecule has 0 aliphatic carbocycles. The van der Waals surface area contributed by atoms with Gasteiger partial charge < -0.3 is 18.8 Å². The Morgan fingerprint density at radius 1 is 0.900 bits per heavy atom. The zero-order valence-electron chi connectivity index (χ0n) is 17.2. The van der Waals surface area contributed by atoms with E-state index in [0.717, 1.165) is 16.9 Å². The van der Waals surface area contributed by atoms with Crippen LogP contribution in [-0.4, -0.2) is 31.9 Å². The minimum Gasteiger partial charge on any atom is -0.497 e. The molecule has 0 saturated heterocycles. The molecule has 0 fully saturated rings. The molecular weight excluding hydrogens is 382 g/mol. The van der Waals surface area contributed by atoms with E-state index >= 15 is 0 Å². The number of aryl methyl sites for hydroxylation is 1. The fraction of sp³-hybridized carbons (Fsp3) is 0.167. The number of ether oxygens (including phenoxy) is 3. The van der Waals surface area contributed by atoms with Crippen molar-refractivity contribution in [1.82, 2.24) is 4.57 Å². The fourth-order valence-corrected chi connectivity index (χ4v) is 2.96. The molecule has 152 valence electrons. The first-order valence-electron chi connectivity index (χ1n) is 9.11. The van der Waals surface area contributed by atoms with Gasteiger partial charge in [-0.1, -0.05) is 24.0 Å². The Hall–Kier alpha value is -3.98. The van der Waals surface area contributed by atoms with Gasteiger partial charge in [0.05, 0.1) is 26.9 Å². The van der Waals surface area contributed by atoms with Crippen molar-refractivity contribution in [3.05, 3.63) is 81.8 Å². The Morgan fingerprint density at radius 3 is 2.13 bits per heavy atom. The Bertz CT molecular complexity index is 1180. The summed E-state index contributed by atoms with van der Waals surface area (Å²) in [6.07, 6.45) is 1.69. The van der Waals surface area contributed by atoms with Crippen LogP contribution in [0.5, 0.6) is 11.5 Å². The van der Waals surface area contributed by atoms with E-state index in [9.17, 15) is 9.59 Å². The molecule has 0 N–H and O–H groups in total. The van der Waals surface area contributed by atoms with Gasteiger partial charge in [-0.05, 0) is 42.0 Å². The smallest absolute Gasteiger partial charge is 0.337 e. The maximum Gasteiger partial charge on any atom is 0.337 e. The predicted molar refractivity (Wildman–Crippen MR) is 114 cm³/mol. The number of hydrogen-bond donors (Lipinski definition) is 0. The van der Waals surface area contributed by atoms with Crippen molar-refractivity contribution in [2.45, 2.75) is 0 Å². The highest BCUT2D eigenvalue weighted by Gasteiger charge is 2.16. The summed E-state index contributed by atoms with van der Waals surface area (Å²) in [7, 11) is 6.09. The van der Waals surface area contributed by atoms with Gasteiger partial charge in [0, 0.05) is 24.4 Å². The van der Waals surface area contributed by atoms with Crippen molar-refractivity contribution in [2.24, 2.45) is 7.05 Å². The number of rotatable bonds is 4. The van der Waals surface area contributed by atoms with E-state index < -0.39 is 5.97 Å². The Kier molecular flexibility index (Phi) is 6.23. The zero-order chi connectivity index (χ0) is 21.7. The highest BCUT2D eigenvalue weighted by Crippen LogP contribution is 2.31. The normalized spacial score (nSPS) is 10.0. The number of nitrogens with zero attached hydrogens (tertiary/aromatic N) is 1. The lowest BCUT2D eigenvalue weighted by molar-refractivity contribution is 0.0601. The number of methoxy groups -OCH3 is 3. The number of pyridine rings is 1. The van der Waals surface area contributed by atoms with Crippen LogP contribution in [0.25, 0.3) is 11.1 Å². The van der Waals surface area contributed by atoms with Gasteiger partial charge in [0.1, 0.15) is 17.1 Å². The van der Waals surface area contributed by atoms with Crippen molar-refractivity contribution >= 4 is 5.97 Å². The van der Waals surface area contributed by atoms with Gasteiger partial charge in [0.25, 0.3) is 5.56 Å². The first kappa shape index (κ1) is 20.7. The molecule has 1 heterocycles. The van der Waals surface area contributed by atoms with E-state index in [1.165, 1.54) is 18.8 Å². The third-order valence-electron chi connectivity index (χ3n) is 4.57. The number of hydrogen-bond acceptors (Lipinski definition) is 5. The van der Waals surface area contributed by atoms with Crippen molar-refractivity contribution < 1.29 is 19.0 Å². The monoisotopic (exact) mass is 403 g/mol. The van der Waals surface area contributed by atoms with Crippen LogP contribution in [0, 0.1) is 11.8 Å². The highest BCUT2D eigenvalue weighted by molar-refractivity contribution is 5.90. The topological polar surface area (TPSA) is 66.8 Å². The second kappa shape index (κ2) is 9.01.